The van der Waals surface area contributed by atoms with Crippen LogP contribution in [0.4, 0.5) is 10.2 Å². The van der Waals surface area contributed by atoms with Crippen molar-refractivity contribution in [2.45, 2.75) is 50.8 Å². The number of thioether (sulfide) groups is 1. The van der Waals surface area contributed by atoms with Crippen LogP contribution in [0.25, 0.3) is 0 Å². The SMILES string of the molecule is CCSC1CCCC1Nc1ncnc(CC)c1F. The molecule has 1 aromatic rings. The number of nitrogens with one attached hydrogen (secondary N) is 1. The molecule has 5 heteroatoms. The van der Waals surface area contributed by atoms with Crippen LogP contribution in [0, 0.1) is 5.82 Å². The Labute approximate surface area is 112 Å². The van der Waals surface area contributed by atoms with Crippen molar-refractivity contribution in [3.05, 3.63) is 17.8 Å². The number of rotatable bonds is 5. The molecule has 0 bridgehead atoms. The third kappa shape index (κ3) is 2.94. The summed E-state index contributed by atoms with van der Waals surface area (Å²) in [7, 11) is 0. The van der Waals surface area contributed by atoms with E-state index in [0.717, 1.165) is 12.2 Å². The molecule has 1 aromatic heterocycles. The fourth-order valence-corrected chi connectivity index (χ4v) is 3.63. The van der Waals surface area contributed by atoms with Crippen molar-refractivity contribution >= 4 is 17.6 Å². The Morgan fingerprint density at radius 1 is 1.39 bits per heavy atom. The van der Waals surface area contributed by atoms with Crippen LogP contribution >= 0.6 is 11.8 Å². The van der Waals surface area contributed by atoms with Crippen molar-refractivity contribution in [3.63, 3.8) is 0 Å². The minimum absolute atomic E-state index is 0.285. The number of anilines is 1. The number of aromatic nitrogens is 2. The van der Waals surface area contributed by atoms with Crippen molar-refractivity contribution in [1.29, 1.82) is 0 Å². The van der Waals surface area contributed by atoms with Gasteiger partial charge >= 0.3 is 0 Å². The molecule has 0 radical (unpaired) electrons. The van der Waals surface area contributed by atoms with Gasteiger partial charge < -0.3 is 5.32 Å². The number of halogens is 1. The molecule has 1 aliphatic carbocycles. The molecule has 0 saturated heterocycles. The molecule has 3 nitrogen and oxygen atoms in total. The summed E-state index contributed by atoms with van der Waals surface area (Å²) < 4.78 is 14.0. The maximum Gasteiger partial charge on any atom is 0.186 e. The molecule has 2 unspecified atom stereocenters. The molecule has 0 amide bonds. The van der Waals surface area contributed by atoms with Crippen LogP contribution < -0.4 is 5.32 Å². The van der Waals surface area contributed by atoms with E-state index in [1.165, 1.54) is 19.2 Å². The van der Waals surface area contributed by atoms with Crippen LogP contribution in [0.2, 0.25) is 0 Å². The van der Waals surface area contributed by atoms with E-state index >= 15 is 0 Å². The van der Waals surface area contributed by atoms with Crippen LogP contribution in [-0.2, 0) is 6.42 Å². The zero-order valence-corrected chi connectivity index (χ0v) is 11.8. The third-order valence-corrected chi connectivity index (χ3v) is 4.68. The number of hydrogen-bond acceptors (Lipinski definition) is 4. The monoisotopic (exact) mass is 269 g/mol. The van der Waals surface area contributed by atoms with E-state index in [9.17, 15) is 4.39 Å². The van der Waals surface area contributed by atoms with E-state index in [4.69, 9.17) is 0 Å². The topological polar surface area (TPSA) is 37.8 Å². The molecule has 0 aliphatic heterocycles. The van der Waals surface area contributed by atoms with Crippen molar-refractivity contribution in [2.24, 2.45) is 0 Å². The third-order valence-electron chi connectivity index (χ3n) is 3.35. The summed E-state index contributed by atoms with van der Waals surface area (Å²) in [6.45, 7) is 4.07. The summed E-state index contributed by atoms with van der Waals surface area (Å²) >= 11 is 1.95. The van der Waals surface area contributed by atoms with Crippen molar-refractivity contribution in [1.82, 2.24) is 9.97 Å². The number of hydrogen-bond donors (Lipinski definition) is 1. The Kier molecular flexibility index (Phi) is 4.80. The highest BCUT2D eigenvalue weighted by Crippen LogP contribution is 2.32. The Morgan fingerprint density at radius 2 is 2.22 bits per heavy atom. The maximum atomic E-state index is 14.0. The minimum Gasteiger partial charge on any atom is -0.364 e. The van der Waals surface area contributed by atoms with E-state index in [2.05, 4.69) is 22.2 Å². The quantitative estimate of drug-likeness (QED) is 0.890. The highest BCUT2D eigenvalue weighted by Gasteiger charge is 2.28. The summed E-state index contributed by atoms with van der Waals surface area (Å²) in [5, 5.41) is 3.85. The zero-order chi connectivity index (χ0) is 13.0. The van der Waals surface area contributed by atoms with Crippen LogP contribution in [-0.4, -0.2) is 27.0 Å². The van der Waals surface area contributed by atoms with Crippen molar-refractivity contribution in [3.8, 4) is 0 Å². The van der Waals surface area contributed by atoms with Gasteiger partial charge in [0.05, 0.1) is 5.69 Å². The van der Waals surface area contributed by atoms with Crippen molar-refractivity contribution < 1.29 is 4.39 Å². The Morgan fingerprint density at radius 3 is 2.94 bits per heavy atom. The summed E-state index contributed by atoms with van der Waals surface area (Å²) in [6.07, 6.45) is 5.57. The lowest BCUT2D eigenvalue weighted by molar-refractivity contribution is 0.591. The predicted molar refractivity (Wildman–Crippen MR) is 74.5 cm³/mol. The van der Waals surface area contributed by atoms with E-state index in [-0.39, 0.29) is 5.82 Å². The van der Waals surface area contributed by atoms with Gasteiger partial charge in [0.2, 0.25) is 0 Å². The highest BCUT2D eigenvalue weighted by molar-refractivity contribution is 7.99. The Bertz CT molecular complexity index is 400. The van der Waals surface area contributed by atoms with Gasteiger partial charge in [-0.2, -0.15) is 11.8 Å². The van der Waals surface area contributed by atoms with E-state index < -0.39 is 0 Å². The predicted octanol–water partition coefficient (Wildman–Crippen LogP) is 3.26. The first kappa shape index (κ1) is 13.6. The van der Waals surface area contributed by atoms with Crippen LogP contribution in [0.5, 0.6) is 0 Å². The molecule has 1 heterocycles. The lowest BCUT2D eigenvalue weighted by Gasteiger charge is -2.21. The number of aryl methyl sites for hydroxylation is 1. The molecule has 18 heavy (non-hydrogen) atoms. The second-order valence-electron chi connectivity index (χ2n) is 4.51. The smallest absolute Gasteiger partial charge is 0.186 e. The first-order valence-corrected chi connectivity index (χ1v) is 7.68. The van der Waals surface area contributed by atoms with Crippen LogP contribution in [0.1, 0.15) is 38.8 Å². The lowest BCUT2D eigenvalue weighted by Crippen LogP contribution is -2.27. The van der Waals surface area contributed by atoms with E-state index in [1.54, 1.807) is 0 Å². The molecule has 1 saturated carbocycles. The molecule has 100 valence electrons. The molecule has 0 spiro atoms. The summed E-state index contributed by atoms with van der Waals surface area (Å²) in [5.74, 6) is 1.19. The fourth-order valence-electron chi connectivity index (χ4n) is 2.43. The first-order valence-electron chi connectivity index (χ1n) is 6.63. The first-order chi connectivity index (χ1) is 8.76. The maximum absolute atomic E-state index is 14.0. The molecule has 2 rings (SSSR count). The highest BCUT2D eigenvalue weighted by atomic mass is 32.2. The van der Waals surface area contributed by atoms with E-state index in [0.29, 0.717) is 29.2 Å². The molecular weight excluding hydrogens is 249 g/mol. The van der Waals surface area contributed by atoms with E-state index in [1.807, 2.05) is 18.7 Å². The van der Waals surface area contributed by atoms with Gasteiger partial charge in [-0.1, -0.05) is 20.3 Å². The largest absolute Gasteiger partial charge is 0.364 e. The average molecular weight is 269 g/mol. The average Bonchev–Trinajstić information content (AvgIpc) is 2.80. The molecule has 1 fully saturated rings. The molecule has 1 aliphatic rings. The lowest BCUT2D eigenvalue weighted by atomic mass is 10.2. The van der Waals surface area contributed by atoms with Gasteiger partial charge in [-0.3, -0.25) is 0 Å². The molecule has 1 N–H and O–H groups in total. The van der Waals surface area contributed by atoms with Gasteiger partial charge in [0.25, 0.3) is 0 Å². The minimum atomic E-state index is -0.285. The van der Waals surface area contributed by atoms with Gasteiger partial charge in [-0.25, -0.2) is 14.4 Å². The second kappa shape index (κ2) is 6.36. The summed E-state index contributed by atoms with van der Waals surface area (Å²) in [4.78, 5) is 7.99. The standard InChI is InChI=1S/C13H20FN3S/c1-3-9-12(14)13(16-8-15-9)17-10-6-5-7-11(10)18-4-2/h8,10-11H,3-7H2,1-2H3,(H,15,16,17). The van der Waals surface area contributed by atoms with Gasteiger partial charge in [0.1, 0.15) is 6.33 Å². The summed E-state index contributed by atoms with van der Waals surface area (Å²) in [6, 6.07) is 0.337. The normalized spacial score (nSPS) is 23.3. The van der Waals surface area contributed by atoms with Gasteiger partial charge in [0.15, 0.2) is 11.6 Å². The fraction of sp³-hybridized carbons (Fsp3) is 0.692. The molecule has 2 atom stereocenters. The Hall–Kier alpha value is -0.840. The second-order valence-corrected chi connectivity index (χ2v) is 6.03. The molecular formula is C13H20FN3S. The van der Waals surface area contributed by atoms with Crippen LogP contribution in [0.15, 0.2) is 6.33 Å². The van der Waals surface area contributed by atoms with Gasteiger partial charge in [-0.05, 0) is 25.0 Å². The molecule has 0 aromatic carbocycles. The van der Waals surface area contributed by atoms with Crippen LogP contribution in [0.3, 0.4) is 0 Å². The van der Waals surface area contributed by atoms with Crippen molar-refractivity contribution in [2.75, 3.05) is 11.1 Å². The van der Waals surface area contributed by atoms with Gasteiger partial charge in [0, 0.05) is 11.3 Å². The van der Waals surface area contributed by atoms with Gasteiger partial charge in [-0.15, -0.1) is 0 Å². The number of nitrogens with zero attached hydrogens (tertiary/aromatic N) is 2. The summed E-state index contributed by atoms with van der Waals surface area (Å²) in [5.41, 5.74) is 0.491. The zero-order valence-electron chi connectivity index (χ0n) is 10.9. The Balaban J connectivity index is 2.09.